The minimum absolute atomic E-state index is 0.0123. The minimum Gasteiger partial charge on any atom is -0.313 e. The molecule has 6 nitrogen and oxygen atoms in total. The summed E-state index contributed by atoms with van der Waals surface area (Å²) in [6.45, 7) is 5.20. The number of piperazine rings is 1. The number of nitrogens with one attached hydrogen (secondary N) is 5. The highest BCUT2D eigenvalue weighted by molar-refractivity contribution is 5.28. The van der Waals surface area contributed by atoms with Gasteiger partial charge < -0.3 is 5.32 Å². The molecule has 0 bridgehead atoms. The number of hydrogen-bond acceptors (Lipinski definition) is 6. The van der Waals surface area contributed by atoms with E-state index in [2.05, 4.69) is 70.1 Å². The van der Waals surface area contributed by atoms with Gasteiger partial charge >= 0.3 is 0 Å². The Morgan fingerprint density at radius 2 is 1.81 bits per heavy atom. The molecule has 26 heavy (non-hydrogen) atoms. The Balaban J connectivity index is 1.35. The van der Waals surface area contributed by atoms with Crippen LogP contribution in [0.15, 0.2) is 54.6 Å². The van der Waals surface area contributed by atoms with Crippen molar-refractivity contribution in [3.05, 3.63) is 71.3 Å². The first-order chi connectivity index (χ1) is 12.8. The Labute approximate surface area is 154 Å². The first-order valence-electron chi connectivity index (χ1n) is 9.32. The van der Waals surface area contributed by atoms with Crippen LogP contribution in [0.3, 0.4) is 0 Å². The Kier molecular flexibility index (Phi) is 5.59. The fourth-order valence-corrected chi connectivity index (χ4v) is 3.46. The molecule has 0 amide bonds. The van der Waals surface area contributed by atoms with Gasteiger partial charge in [0.25, 0.3) is 0 Å². The van der Waals surface area contributed by atoms with Gasteiger partial charge in [0.15, 0.2) is 6.23 Å². The molecule has 0 radical (unpaired) electrons. The van der Waals surface area contributed by atoms with E-state index in [4.69, 9.17) is 4.84 Å². The van der Waals surface area contributed by atoms with Gasteiger partial charge in [-0.1, -0.05) is 54.6 Å². The van der Waals surface area contributed by atoms with Crippen molar-refractivity contribution in [2.45, 2.75) is 31.5 Å². The molecule has 2 fully saturated rings. The van der Waals surface area contributed by atoms with Crippen molar-refractivity contribution in [3.8, 4) is 0 Å². The summed E-state index contributed by atoms with van der Waals surface area (Å²) in [4.78, 5) is 5.70. The summed E-state index contributed by atoms with van der Waals surface area (Å²) in [7, 11) is 0. The quantitative estimate of drug-likeness (QED) is 0.564. The van der Waals surface area contributed by atoms with Crippen molar-refractivity contribution < 1.29 is 4.84 Å². The van der Waals surface area contributed by atoms with Crippen molar-refractivity contribution in [1.82, 2.24) is 26.7 Å². The van der Waals surface area contributed by atoms with Crippen LogP contribution in [0.25, 0.3) is 0 Å². The van der Waals surface area contributed by atoms with E-state index in [1.54, 1.807) is 0 Å². The highest BCUT2D eigenvalue weighted by Crippen LogP contribution is 2.25. The van der Waals surface area contributed by atoms with Gasteiger partial charge in [-0.25, -0.2) is 0 Å². The van der Waals surface area contributed by atoms with Gasteiger partial charge in [-0.15, -0.1) is 0 Å². The second kappa shape index (κ2) is 8.26. The molecule has 2 saturated heterocycles. The number of benzene rings is 2. The van der Waals surface area contributed by atoms with Crippen LogP contribution >= 0.6 is 0 Å². The zero-order valence-corrected chi connectivity index (χ0v) is 15.0. The first-order valence-corrected chi connectivity index (χ1v) is 9.32. The Morgan fingerprint density at radius 1 is 1.00 bits per heavy atom. The summed E-state index contributed by atoms with van der Waals surface area (Å²) in [5, 5.41) is 14.0. The molecule has 0 saturated carbocycles. The van der Waals surface area contributed by atoms with Crippen molar-refractivity contribution in [1.29, 1.82) is 0 Å². The van der Waals surface area contributed by atoms with Crippen molar-refractivity contribution in [2.75, 3.05) is 19.6 Å². The third-order valence-corrected chi connectivity index (χ3v) is 4.99. The van der Waals surface area contributed by atoms with Gasteiger partial charge in [0.2, 0.25) is 0 Å². The smallest absolute Gasteiger partial charge is 0.156 e. The molecule has 2 heterocycles. The van der Waals surface area contributed by atoms with E-state index in [0.29, 0.717) is 12.2 Å². The predicted molar refractivity (Wildman–Crippen MR) is 102 cm³/mol. The number of hydroxylamine groups is 1. The molecule has 4 rings (SSSR count). The summed E-state index contributed by atoms with van der Waals surface area (Å²) in [5.74, 6) is 0. The van der Waals surface area contributed by atoms with Crippen LogP contribution in [-0.2, 0) is 4.84 Å². The van der Waals surface area contributed by atoms with Gasteiger partial charge in [-0.2, -0.15) is 5.48 Å². The van der Waals surface area contributed by atoms with E-state index in [1.807, 2.05) is 18.2 Å². The molecule has 2 aliphatic rings. The average Bonchev–Trinajstić information content (AvgIpc) is 3.20. The fourth-order valence-electron chi connectivity index (χ4n) is 3.46. The van der Waals surface area contributed by atoms with Crippen molar-refractivity contribution >= 4 is 0 Å². The largest absolute Gasteiger partial charge is 0.313 e. The van der Waals surface area contributed by atoms with E-state index >= 15 is 0 Å². The molecule has 3 unspecified atom stereocenters. The highest BCUT2D eigenvalue weighted by atomic mass is 16.7. The topological polar surface area (TPSA) is 69.4 Å². The van der Waals surface area contributed by atoms with E-state index < -0.39 is 0 Å². The predicted octanol–water partition coefficient (Wildman–Crippen LogP) is 1.68. The van der Waals surface area contributed by atoms with Gasteiger partial charge in [0.05, 0.1) is 6.17 Å². The normalized spacial score (nSPS) is 27.3. The van der Waals surface area contributed by atoms with Crippen LogP contribution in [0, 0.1) is 0 Å². The lowest BCUT2D eigenvalue weighted by Gasteiger charge is -2.28. The molecule has 2 aliphatic heterocycles. The summed E-state index contributed by atoms with van der Waals surface area (Å²) in [6, 6.07) is 19.1. The number of rotatable bonds is 5. The first kappa shape index (κ1) is 17.6. The van der Waals surface area contributed by atoms with Crippen LogP contribution in [-0.4, -0.2) is 25.8 Å². The van der Waals surface area contributed by atoms with Crippen LogP contribution in [0.2, 0.25) is 0 Å². The Hall–Kier alpha value is -1.80. The van der Waals surface area contributed by atoms with Gasteiger partial charge in [0, 0.05) is 25.7 Å². The molecule has 2 aromatic carbocycles. The third kappa shape index (κ3) is 4.12. The van der Waals surface area contributed by atoms with Crippen LogP contribution < -0.4 is 26.7 Å². The molecular weight excluding hydrogens is 326 g/mol. The van der Waals surface area contributed by atoms with Gasteiger partial charge in [0.1, 0.15) is 6.17 Å². The Bertz CT molecular complexity index is 687. The lowest BCUT2D eigenvalue weighted by Crippen LogP contribution is -2.55. The molecule has 138 valence electrons. The molecule has 5 N–H and O–H groups in total. The minimum atomic E-state index is -0.133. The van der Waals surface area contributed by atoms with Crippen LogP contribution in [0.1, 0.15) is 42.0 Å². The van der Waals surface area contributed by atoms with Crippen molar-refractivity contribution in [3.63, 3.8) is 0 Å². The standard InChI is InChI=1S/C20H27N5O/c1-14(23-18-13-21-11-12-22-18)15-7-9-16(10-8-15)19-24-20(26-25-19)17-5-3-2-4-6-17/h2-10,14,18-25H,11-13H2,1H3/t14-,18?,19?,20?/m1/s1. The zero-order chi connectivity index (χ0) is 17.8. The maximum absolute atomic E-state index is 5.70. The maximum Gasteiger partial charge on any atom is 0.156 e. The lowest BCUT2D eigenvalue weighted by molar-refractivity contribution is 0.0214. The second-order valence-corrected chi connectivity index (χ2v) is 6.89. The third-order valence-electron chi connectivity index (χ3n) is 4.99. The SMILES string of the molecule is C[C@@H](NC1CNCCN1)c1ccc(C2NOC(c3ccccc3)N2)cc1. The maximum atomic E-state index is 5.70. The highest BCUT2D eigenvalue weighted by Gasteiger charge is 2.26. The average molecular weight is 353 g/mol. The fraction of sp³-hybridized carbons (Fsp3) is 0.400. The van der Waals surface area contributed by atoms with Crippen molar-refractivity contribution in [2.24, 2.45) is 0 Å². The lowest BCUT2D eigenvalue weighted by atomic mass is 10.0. The molecule has 0 aliphatic carbocycles. The van der Waals surface area contributed by atoms with E-state index in [1.165, 1.54) is 5.56 Å². The van der Waals surface area contributed by atoms with Gasteiger partial charge in [-0.3, -0.25) is 20.8 Å². The molecule has 2 aromatic rings. The molecule has 0 aromatic heterocycles. The summed E-state index contributed by atoms with van der Waals surface area (Å²) >= 11 is 0. The summed E-state index contributed by atoms with van der Waals surface area (Å²) < 4.78 is 0. The Morgan fingerprint density at radius 3 is 2.54 bits per heavy atom. The molecular formula is C20H27N5O. The van der Waals surface area contributed by atoms with E-state index in [9.17, 15) is 0 Å². The molecule has 4 atom stereocenters. The second-order valence-electron chi connectivity index (χ2n) is 6.89. The molecule has 0 spiro atoms. The molecule has 6 heteroatoms. The van der Waals surface area contributed by atoms with Crippen LogP contribution in [0.4, 0.5) is 0 Å². The summed E-state index contributed by atoms with van der Waals surface area (Å²) in [5.41, 5.74) is 6.65. The van der Waals surface area contributed by atoms with E-state index in [0.717, 1.165) is 30.8 Å². The van der Waals surface area contributed by atoms with Gasteiger partial charge in [-0.05, 0) is 23.6 Å². The summed E-state index contributed by atoms with van der Waals surface area (Å²) in [6.07, 6.45) is 0.171. The van der Waals surface area contributed by atoms with E-state index in [-0.39, 0.29) is 12.4 Å². The van der Waals surface area contributed by atoms with Crippen LogP contribution in [0.5, 0.6) is 0 Å². The zero-order valence-electron chi connectivity index (χ0n) is 15.0. The number of hydrogen-bond donors (Lipinski definition) is 5. The monoisotopic (exact) mass is 353 g/mol.